The second-order valence-electron chi connectivity index (χ2n) is 8.62. The minimum absolute atomic E-state index is 0.136. The maximum Gasteiger partial charge on any atom is 0.220 e. The summed E-state index contributed by atoms with van der Waals surface area (Å²) in [7, 11) is 0. The number of nitrogens with zero attached hydrogens (tertiary/aromatic N) is 2. The number of fused-ring (bicyclic) bond motifs is 1. The van der Waals surface area contributed by atoms with E-state index in [4.69, 9.17) is 4.98 Å². The Kier molecular flexibility index (Phi) is 7.91. The van der Waals surface area contributed by atoms with Crippen LogP contribution < -0.4 is 5.32 Å². The Labute approximate surface area is 196 Å². The van der Waals surface area contributed by atoms with Gasteiger partial charge in [-0.1, -0.05) is 79.2 Å². The molecule has 0 spiro atoms. The third kappa shape index (κ3) is 6.10. The SMILES string of the molecule is CC(c1ccccc1)n1c(CCCCCNC(=O)CCc2ccccc2)nc2ccccc21. The van der Waals surface area contributed by atoms with Gasteiger partial charge in [0.05, 0.1) is 17.1 Å². The molecule has 0 aliphatic carbocycles. The summed E-state index contributed by atoms with van der Waals surface area (Å²) in [5.74, 6) is 1.27. The highest BCUT2D eigenvalue weighted by atomic mass is 16.1. The first-order chi connectivity index (χ1) is 16.2. The van der Waals surface area contributed by atoms with Gasteiger partial charge in [0, 0.05) is 19.4 Å². The van der Waals surface area contributed by atoms with E-state index >= 15 is 0 Å². The molecule has 0 saturated carbocycles. The molecule has 1 N–H and O–H groups in total. The number of aryl methyl sites for hydroxylation is 2. The van der Waals surface area contributed by atoms with E-state index in [0.717, 1.165) is 50.0 Å². The van der Waals surface area contributed by atoms with Gasteiger partial charge >= 0.3 is 0 Å². The minimum atomic E-state index is 0.136. The van der Waals surface area contributed by atoms with Crippen molar-refractivity contribution in [1.82, 2.24) is 14.9 Å². The van der Waals surface area contributed by atoms with Crippen LogP contribution in [0.3, 0.4) is 0 Å². The maximum atomic E-state index is 12.1. The normalized spacial score (nSPS) is 12.0. The fraction of sp³-hybridized carbons (Fsp3) is 0.310. The van der Waals surface area contributed by atoms with Crippen molar-refractivity contribution in [3.63, 3.8) is 0 Å². The smallest absolute Gasteiger partial charge is 0.220 e. The number of rotatable bonds is 11. The number of amides is 1. The van der Waals surface area contributed by atoms with Crippen LogP contribution in [0.1, 0.15) is 55.6 Å². The van der Waals surface area contributed by atoms with Crippen molar-refractivity contribution in [3.05, 3.63) is 102 Å². The lowest BCUT2D eigenvalue weighted by atomic mass is 10.1. The van der Waals surface area contributed by atoms with E-state index in [2.05, 4.69) is 83.5 Å². The second kappa shape index (κ2) is 11.5. The van der Waals surface area contributed by atoms with Crippen LogP contribution in [0.4, 0.5) is 0 Å². The predicted molar refractivity (Wildman–Crippen MR) is 135 cm³/mol. The average molecular weight is 440 g/mol. The molecule has 1 amide bonds. The standard InChI is InChI=1S/C29H33N3O/c1-23(25-15-7-3-8-16-25)32-27-18-11-10-17-26(27)31-28(32)19-9-4-12-22-30-29(33)21-20-24-13-5-2-6-14-24/h2-3,5-8,10-11,13-18,23H,4,9,12,19-22H2,1H3,(H,30,33). The number of hydrogen-bond donors (Lipinski definition) is 1. The van der Waals surface area contributed by atoms with Gasteiger partial charge in [-0.2, -0.15) is 0 Å². The van der Waals surface area contributed by atoms with E-state index in [0.29, 0.717) is 6.42 Å². The van der Waals surface area contributed by atoms with Gasteiger partial charge in [-0.25, -0.2) is 4.98 Å². The lowest BCUT2D eigenvalue weighted by Crippen LogP contribution is -2.24. The Bertz CT molecular complexity index is 1150. The van der Waals surface area contributed by atoms with Crippen LogP contribution in [0.25, 0.3) is 11.0 Å². The zero-order valence-corrected chi connectivity index (χ0v) is 19.4. The van der Waals surface area contributed by atoms with Crippen LogP contribution in [0, 0.1) is 0 Å². The number of unbranched alkanes of at least 4 members (excludes halogenated alkanes) is 2. The molecule has 0 aliphatic rings. The predicted octanol–water partition coefficient (Wildman–Crippen LogP) is 6.11. The van der Waals surface area contributed by atoms with E-state index in [1.807, 2.05) is 18.2 Å². The molecule has 1 unspecified atom stereocenters. The van der Waals surface area contributed by atoms with Crippen molar-refractivity contribution in [2.75, 3.05) is 6.54 Å². The molecule has 1 atom stereocenters. The molecule has 3 aromatic carbocycles. The van der Waals surface area contributed by atoms with Crippen molar-refractivity contribution < 1.29 is 4.79 Å². The highest BCUT2D eigenvalue weighted by Crippen LogP contribution is 2.26. The van der Waals surface area contributed by atoms with Crippen LogP contribution in [0.5, 0.6) is 0 Å². The van der Waals surface area contributed by atoms with Crippen molar-refractivity contribution in [1.29, 1.82) is 0 Å². The van der Waals surface area contributed by atoms with Gasteiger partial charge in [0.25, 0.3) is 0 Å². The fourth-order valence-corrected chi connectivity index (χ4v) is 4.39. The Morgan fingerprint density at radius 3 is 2.33 bits per heavy atom. The Balaban J connectivity index is 1.27. The zero-order valence-electron chi connectivity index (χ0n) is 19.4. The number of carbonyl (C=O) groups excluding carboxylic acids is 1. The molecule has 1 heterocycles. The monoisotopic (exact) mass is 439 g/mol. The molecule has 1 aromatic heterocycles. The van der Waals surface area contributed by atoms with Gasteiger partial charge in [0.15, 0.2) is 0 Å². The molecule has 4 heteroatoms. The number of hydrogen-bond acceptors (Lipinski definition) is 2. The highest BCUT2D eigenvalue weighted by molar-refractivity contribution is 5.76. The topological polar surface area (TPSA) is 46.9 Å². The summed E-state index contributed by atoms with van der Waals surface area (Å²) in [4.78, 5) is 17.1. The van der Waals surface area contributed by atoms with Crippen LogP contribution in [-0.2, 0) is 17.6 Å². The van der Waals surface area contributed by atoms with Crippen LogP contribution in [-0.4, -0.2) is 22.0 Å². The van der Waals surface area contributed by atoms with Gasteiger partial charge in [-0.15, -0.1) is 0 Å². The molecule has 0 fully saturated rings. The molecular formula is C29H33N3O. The van der Waals surface area contributed by atoms with Gasteiger partial charge in [0.2, 0.25) is 5.91 Å². The number of benzene rings is 3. The van der Waals surface area contributed by atoms with Crippen LogP contribution in [0.2, 0.25) is 0 Å². The van der Waals surface area contributed by atoms with Crippen molar-refractivity contribution in [2.24, 2.45) is 0 Å². The number of carbonyl (C=O) groups is 1. The molecule has 0 saturated heterocycles. The molecule has 33 heavy (non-hydrogen) atoms. The largest absolute Gasteiger partial charge is 0.356 e. The molecule has 4 aromatic rings. The maximum absolute atomic E-state index is 12.1. The molecule has 170 valence electrons. The lowest BCUT2D eigenvalue weighted by molar-refractivity contribution is -0.121. The third-order valence-electron chi connectivity index (χ3n) is 6.22. The summed E-state index contributed by atoms with van der Waals surface area (Å²) in [5.41, 5.74) is 4.75. The summed E-state index contributed by atoms with van der Waals surface area (Å²) in [6.45, 7) is 2.99. The number of aromatic nitrogens is 2. The molecule has 4 rings (SSSR count). The number of imidazole rings is 1. The molecule has 4 nitrogen and oxygen atoms in total. The first kappa shape index (κ1) is 22.8. The minimum Gasteiger partial charge on any atom is -0.356 e. The second-order valence-corrected chi connectivity index (χ2v) is 8.62. The highest BCUT2D eigenvalue weighted by Gasteiger charge is 2.16. The van der Waals surface area contributed by atoms with E-state index in [1.165, 1.54) is 16.6 Å². The lowest BCUT2D eigenvalue weighted by Gasteiger charge is -2.18. The van der Waals surface area contributed by atoms with Gasteiger partial charge in [0.1, 0.15) is 5.82 Å². The van der Waals surface area contributed by atoms with Crippen molar-refractivity contribution >= 4 is 16.9 Å². The average Bonchev–Trinajstić information content (AvgIpc) is 3.23. The van der Waals surface area contributed by atoms with Gasteiger partial charge in [-0.05, 0) is 49.4 Å². The summed E-state index contributed by atoms with van der Waals surface area (Å²) >= 11 is 0. The van der Waals surface area contributed by atoms with Gasteiger partial charge in [-0.3, -0.25) is 4.79 Å². The quantitative estimate of drug-likeness (QED) is 0.287. The number of nitrogens with one attached hydrogen (secondary N) is 1. The van der Waals surface area contributed by atoms with Crippen LogP contribution >= 0.6 is 0 Å². The Morgan fingerprint density at radius 1 is 0.848 bits per heavy atom. The Morgan fingerprint density at radius 2 is 1.55 bits per heavy atom. The molecular weight excluding hydrogens is 406 g/mol. The molecule has 0 radical (unpaired) electrons. The molecule has 0 aliphatic heterocycles. The van der Waals surface area contributed by atoms with Gasteiger partial charge < -0.3 is 9.88 Å². The fourth-order valence-electron chi connectivity index (χ4n) is 4.39. The first-order valence-corrected chi connectivity index (χ1v) is 12.0. The summed E-state index contributed by atoms with van der Waals surface area (Å²) in [5, 5.41) is 3.06. The summed E-state index contributed by atoms with van der Waals surface area (Å²) in [6.07, 6.45) is 5.40. The van der Waals surface area contributed by atoms with E-state index < -0.39 is 0 Å². The molecule has 0 bridgehead atoms. The van der Waals surface area contributed by atoms with E-state index in [1.54, 1.807) is 0 Å². The summed E-state index contributed by atoms with van der Waals surface area (Å²) in [6, 6.07) is 29.4. The van der Waals surface area contributed by atoms with Crippen molar-refractivity contribution in [2.45, 2.75) is 51.5 Å². The summed E-state index contributed by atoms with van der Waals surface area (Å²) < 4.78 is 2.38. The van der Waals surface area contributed by atoms with E-state index in [9.17, 15) is 4.79 Å². The first-order valence-electron chi connectivity index (χ1n) is 12.0. The third-order valence-corrected chi connectivity index (χ3v) is 6.22. The van der Waals surface area contributed by atoms with Crippen LogP contribution in [0.15, 0.2) is 84.9 Å². The van der Waals surface area contributed by atoms with E-state index in [-0.39, 0.29) is 11.9 Å². The Hall–Kier alpha value is -3.40. The zero-order chi connectivity index (χ0) is 22.9. The van der Waals surface area contributed by atoms with Crippen molar-refractivity contribution in [3.8, 4) is 0 Å². The number of para-hydroxylation sites is 2.